The summed E-state index contributed by atoms with van der Waals surface area (Å²) < 4.78 is 7.34. The van der Waals surface area contributed by atoms with Gasteiger partial charge in [-0.2, -0.15) is 0 Å². The van der Waals surface area contributed by atoms with Crippen LogP contribution >= 0.6 is 0 Å². The van der Waals surface area contributed by atoms with Crippen molar-refractivity contribution in [2.75, 3.05) is 12.4 Å². The van der Waals surface area contributed by atoms with Crippen LogP contribution in [0.5, 0.6) is 5.75 Å². The van der Waals surface area contributed by atoms with E-state index >= 15 is 0 Å². The van der Waals surface area contributed by atoms with E-state index in [9.17, 15) is 10.1 Å². The highest BCUT2D eigenvalue weighted by Crippen LogP contribution is 2.34. The molecule has 0 fully saturated rings. The van der Waals surface area contributed by atoms with E-state index in [0.29, 0.717) is 11.4 Å². The van der Waals surface area contributed by atoms with Crippen molar-refractivity contribution in [3.05, 3.63) is 82.4 Å². The van der Waals surface area contributed by atoms with Crippen molar-refractivity contribution in [1.29, 1.82) is 0 Å². The predicted molar refractivity (Wildman–Crippen MR) is 94.8 cm³/mol. The van der Waals surface area contributed by atoms with Gasteiger partial charge in [0, 0.05) is 31.1 Å². The second kappa shape index (κ2) is 7.04. The number of nitrogens with zero attached hydrogens (tertiary/aromatic N) is 3. The molecule has 0 aliphatic rings. The van der Waals surface area contributed by atoms with Gasteiger partial charge in [-0.25, -0.2) is 4.98 Å². The Kier molecular flexibility index (Phi) is 4.65. The van der Waals surface area contributed by atoms with Crippen LogP contribution in [-0.2, 0) is 7.05 Å². The average Bonchev–Trinajstić information content (AvgIpc) is 3.05. The molecule has 0 spiro atoms. The lowest BCUT2D eigenvalue weighted by Crippen LogP contribution is -2.18. The first-order valence-corrected chi connectivity index (χ1v) is 7.72. The van der Waals surface area contributed by atoms with Crippen LogP contribution in [0.3, 0.4) is 0 Å². The van der Waals surface area contributed by atoms with E-state index in [1.165, 1.54) is 6.07 Å². The molecular formula is C18H18N4O3. The highest BCUT2D eigenvalue weighted by Gasteiger charge is 2.24. The lowest BCUT2D eigenvalue weighted by molar-refractivity contribution is -0.384. The van der Waals surface area contributed by atoms with Crippen molar-refractivity contribution in [1.82, 2.24) is 9.55 Å². The summed E-state index contributed by atoms with van der Waals surface area (Å²) in [4.78, 5) is 15.3. The summed E-state index contributed by atoms with van der Waals surface area (Å²) >= 11 is 0. The number of rotatable bonds is 6. The summed E-state index contributed by atoms with van der Waals surface area (Å²) in [6.45, 7) is 0. The number of methoxy groups -OCH3 is 1. The van der Waals surface area contributed by atoms with Gasteiger partial charge >= 0.3 is 0 Å². The minimum absolute atomic E-state index is 0.0107. The molecule has 128 valence electrons. The molecule has 1 atom stereocenters. The summed E-state index contributed by atoms with van der Waals surface area (Å²) in [5.74, 6) is 1.41. The topological polar surface area (TPSA) is 82.2 Å². The molecule has 0 bridgehead atoms. The minimum Gasteiger partial charge on any atom is -0.496 e. The third kappa shape index (κ3) is 3.30. The molecule has 0 aliphatic carbocycles. The molecule has 1 aromatic heterocycles. The first-order valence-electron chi connectivity index (χ1n) is 7.72. The Morgan fingerprint density at radius 2 is 1.92 bits per heavy atom. The van der Waals surface area contributed by atoms with Crippen molar-refractivity contribution in [2.45, 2.75) is 6.04 Å². The number of ether oxygens (including phenoxy) is 1. The van der Waals surface area contributed by atoms with Gasteiger partial charge in [-0.1, -0.05) is 30.3 Å². The van der Waals surface area contributed by atoms with Gasteiger partial charge in [0.15, 0.2) is 0 Å². The number of nitro groups is 1. The molecule has 25 heavy (non-hydrogen) atoms. The maximum absolute atomic E-state index is 11.3. The molecular weight excluding hydrogens is 320 g/mol. The Labute approximate surface area is 145 Å². The quantitative estimate of drug-likeness (QED) is 0.549. The van der Waals surface area contributed by atoms with E-state index in [1.807, 2.05) is 42.1 Å². The van der Waals surface area contributed by atoms with Crippen LogP contribution in [0.25, 0.3) is 0 Å². The van der Waals surface area contributed by atoms with Crippen LogP contribution < -0.4 is 10.1 Å². The third-order valence-corrected chi connectivity index (χ3v) is 3.97. The molecule has 3 rings (SSSR count). The van der Waals surface area contributed by atoms with Gasteiger partial charge in [0.2, 0.25) is 0 Å². The second-order valence-corrected chi connectivity index (χ2v) is 5.49. The van der Waals surface area contributed by atoms with Crippen LogP contribution in [0, 0.1) is 10.1 Å². The number of imidazole rings is 1. The fraction of sp³-hybridized carbons (Fsp3) is 0.167. The van der Waals surface area contributed by atoms with E-state index in [-0.39, 0.29) is 5.69 Å². The molecule has 7 heteroatoms. The van der Waals surface area contributed by atoms with Crippen molar-refractivity contribution in [3.8, 4) is 5.75 Å². The van der Waals surface area contributed by atoms with Gasteiger partial charge in [0.1, 0.15) is 23.3 Å². The van der Waals surface area contributed by atoms with Crippen LogP contribution in [0.15, 0.2) is 60.9 Å². The summed E-state index contributed by atoms with van der Waals surface area (Å²) in [5.41, 5.74) is 1.28. The molecule has 1 heterocycles. The third-order valence-electron chi connectivity index (χ3n) is 3.97. The molecule has 0 aliphatic heterocycles. The van der Waals surface area contributed by atoms with Gasteiger partial charge < -0.3 is 14.6 Å². The summed E-state index contributed by atoms with van der Waals surface area (Å²) in [7, 11) is 3.48. The van der Waals surface area contributed by atoms with E-state index in [0.717, 1.165) is 11.4 Å². The minimum atomic E-state index is -0.405. The van der Waals surface area contributed by atoms with Gasteiger partial charge in [0.05, 0.1) is 12.0 Å². The molecule has 0 amide bonds. The second-order valence-electron chi connectivity index (χ2n) is 5.49. The van der Waals surface area contributed by atoms with Crippen molar-refractivity contribution in [3.63, 3.8) is 0 Å². The molecule has 1 unspecified atom stereocenters. The van der Waals surface area contributed by atoms with Gasteiger partial charge in [-0.15, -0.1) is 0 Å². The highest BCUT2D eigenvalue weighted by atomic mass is 16.6. The molecule has 0 radical (unpaired) electrons. The Morgan fingerprint density at radius 1 is 1.20 bits per heavy atom. The maximum atomic E-state index is 11.3. The number of hydrogen-bond donors (Lipinski definition) is 1. The summed E-state index contributed by atoms with van der Waals surface area (Å²) in [6, 6.07) is 13.7. The zero-order valence-corrected chi connectivity index (χ0v) is 13.9. The zero-order chi connectivity index (χ0) is 17.8. The Hall–Kier alpha value is -3.35. The Balaban J connectivity index is 2.11. The summed E-state index contributed by atoms with van der Waals surface area (Å²) in [6.07, 6.45) is 3.53. The monoisotopic (exact) mass is 338 g/mol. The smallest absolute Gasteiger partial charge is 0.292 e. The largest absolute Gasteiger partial charge is 0.496 e. The SMILES string of the molecule is COc1ccccc1C(Nc1ccccc1[N+](=O)[O-])c1nccn1C. The molecule has 0 saturated carbocycles. The number of anilines is 1. The highest BCUT2D eigenvalue weighted by molar-refractivity contribution is 5.63. The summed E-state index contributed by atoms with van der Waals surface area (Å²) in [5, 5.41) is 14.6. The molecule has 2 aromatic carbocycles. The fourth-order valence-corrected chi connectivity index (χ4v) is 2.75. The first-order chi connectivity index (χ1) is 12.1. The van der Waals surface area contributed by atoms with Crippen molar-refractivity contribution < 1.29 is 9.66 Å². The molecule has 0 saturated heterocycles. The van der Waals surface area contributed by atoms with Crippen LogP contribution in [0.1, 0.15) is 17.4 Å². The average molecular weight is 338 g/mol. The molecule has 1 N–H and O–H groups in total. The number of aromatic nitrogens is 2. The zero-order valence-electron chi connectivity index (χ0n) is 13.9. The molecule has 7 nitrogen and oxygen atoms in total. The first kappa shape index (κ1) is 16.5. The van der Waals surface area contributed by atoms with E-state index in [1.54, 1.807) is 31.5 Å². The van der Waals surface area contributed by atoms with E-state index in [2.05, 4.69) is 10.3 Å². The number of benzene rings is 2. The number of nitrogens with one attached hydrogen (secondary N) is 1. The van der Waals surface area contributed by atoms with Crippen molar-refractivity contribution in [2.24, 2.45) is 7.05 Å². The van der Waals surface area contributed by atoms with Crippen LogP contribution in [0.4, 0.5) is 11.4 Å². The Morgan fingerprint density at radius 3 is 2.60 bits per heavy atom. The predicted octanol–water partition coefficient (Wildman–Crippen LogP) is 3.54. The van der Waals surface area contributed by atoms with E-state index in [4.69, 9.17) is 4.74 Å². The van der Waals surface area contributed by atoms with E-state index < -0.39 is 11.0 Å². The van der Waals surface area contributed by atoms with Crippen LogP contribution in [-0.4, -0.2) is 21.6 Å². The van der Waals surface area contributed by atoms with Gasteiger partial charge in [-0.05, 0) is 12.1 Å². The Bertz CT molecular complexity index is 891. The van der Waals surface area contributed by atoms with Crippen molar-refractivity contribution >= 4 is 11.4 Å². The molecule has 3 aromatic rings. The standard InChI is InChI=1S/C18H18N4O3/c1-21-12-11-19-18(21)17(13-7-3-6-10-16(13)25-2)20-14-8-4-5-9-15(14)22(23)24/h3-12,17,20H,1-2H3. The number of hydrogen-bond acceptors (Lipinski definition) is 5. The lowest BCUT2D eigenvalue weighted by Gasteiger charge is -2.22. The van der Waals surface area contributed by atoms with Crippen LogP contribution in [0.2, 0.25) is 0 Å². The lowest BCUT2D eigenvalue weighted by atomic mass is 10.0. The maximum Gasteiger partial charge on any atom is 0.292 e. The van der Waals surface area contributed by atoms with Gasteiger partial charge in [0.25, 0.3) is 5.69 Å². The number of nitro benzene ring substituents is 1. The fourth-order valence-electron chi connectivity index (χ4n) is 2.75. The normalized spacial score (nSPS) is 11.8. The number of para-hydroxylation sites is 3. The number of aryl methyl sites for hydroxylation is 1. The van der Waals surface area contributed by atoms with Gasteiger partial charge in [-0.3, -0.25) is 10.1 Å².